The van der Waals surface area contributed by atoms with Gasteiger partial charge in [0.2, 0.25) is 0 Å². The maximum absolute atomic E-state index is 12.5. The van der Waals surface area contributed by atoms with E-state index < -0.39 is 5.92 Å². The molecule has 3 heteroatoms. The molecule has 0 amide bonds. The third kappa shape index (κ3) is 1.34. The van der Waals surface area contributed by atoms with E-state index in [4.69, 9.17) is 0 Å². The van der Waals surface area contributed by atoms with Crippen LogP contribution in [0, 0.1) is 0 Å². The largest absolute Gasteiger partial charge is 0.294 e. The molecule has 1 saturated heterocycles. The molecule has 1 aliphatic rings. The van der Waals surface area contributed by atoms with Crippen molar-refractivity contribution in [1.82, 2.24) is 4.90 Å². The monoisotopic (exact) mass is 147 g/mol. The minimum atomic E-state index is -2.51. The summed E-state index contributed by atoms with van der Waals surface area (Å²) >= 11 is 0. The molecule has 1 heterocycles. The highest BCUT2D eigenvalue weighted by molar-refractivity contribution is 4.97. The predicted molar refractivity (Wildman–Crippen MR) is 36.2 cm³/mol. The van der Waals surface area contributed by atoms with Gasteiger partial charge in [-0.1, -0.05) is 6.08 Å². The SMILES string of the molecule is C=C[C@H]1CC(F)(F)CN1C. The van der Waals surface area contributed by atoms with Crippen LogP contribution < -0.4 is 0 Å². The van der Waals surface area contributed by atoms with E-state index in [0.29, 0.717) is 0 Å². The number of likely N-dealkylation sites (tertiary alicyclic amines) is 1. The zero-order valence-electron chi connectivity index (χ0n) is 5.98. The summed E-state index contributed by atoms with van der Waals surface area (Å²) in [6, 6.07) is -0.144. The first-order valence-corrected chi connectivity index (χ1v) is 3.26. The van der Waals surface area contributed by atoms with E-state index in [2.05, 4.69) is 6.58 Å². The third-order valence-corrected chi connectivity index (χ3v) is 1.83. The number of hydrogen-bond acceptors (Lipinski definition) is 1. The first-order chi connectivity index (χ1) is 4.55. The summed E-state index contributed by atoms with van der Waals surface area (Å²) in [4.78, 5) is 1.62. The van der Waals surface area contributed by atoms with Crippen LogP contribution in [0.2, 0.25) is 0 Å². The van der Waals surface area contributed by atoms with Crippen LogP contribution in [0.4, 0.5) is 8.78 Å². The van der Waals surface area contributed by atoms with Crippen molar-refractivity contribution in [2.45, 2.75) is 18.4 Å². The standard InChI is InChI=1S/C7H11F2N/c1-3-6-4-7(8,9)5-10(6)2/h3,6H,1,4-5H2,2H3/t6-/m0/s1. The second-order valence-electron chi connectivity index (χ2n) is 2.78. The van der Waals surface area contributed by atoms with Crippen LogP contribution in [0.25, 0.3) is 0 Å². The molecule has 1 rings (SSSR count). The van der Waals surface area contributed by atoms with Gasteiger partial charge in [-0.2, -0.15) is 0 Å². The van der Waals surface area contributed by atoms with Gasteiger partial charge in [-0.3, -0.25) is 4.90 Å². The summed E-state index contributed by atoms with van der Waals surface area (Å²) in [6.45, 7) is 3.35. The molecule has 10 heavy (non-hydrogen) atoms. The van der Waals surface area contributed by atoms with Crippen molar-refractivity contribution in [1.29, 1.82) is 0 Å². The first-order valence-electron chi connectivity index (χ1n) is 3.26. The topological polar surface area (TPSA) is 3.24 Å². The van der Waals surface area contributed by atoms with Crippen LogP contribution in [0.5, 0.6) is 0 Å². The van der Waals surface area contributed by atoms with Crippen LogP contribution in [0.3, 0.4) is 0 Å². The molecule has 0 aromatic carbocycles. The summed E-state index contributed by atoms with van der Waals surface area (Å²) < 4.78 is 25.1. The van der Waals surface area contributed by atoms with Crippen LogP contribution in [-0.4, -0.2) is 30.5 Å². The van der Waals surface area contributed by atoms with E-state index >= 15 is 0 Å². The lowest BCUT2D eigenvalue weighted by molar-refractivity contribution is 0.0143. The zero-order valence-corrected chi connectivity index (χ0v) is 5.98. The second-order valence-corrected chi connectivity index (χ2v) is 2.78. The lowest BCUT2D eigenvalue weighted by atomic mass is 10.2. The fourth-order valence-electron chi connectivity index (χ4n) is 1.27. The Hall–Kier alpha value is -0.440. The fraction of sp³-hybridized carbons (Fsp3) is 0.714. The van der Waals surface area contributed by atoms with Crippen LogP contribution in [-0.2, 0) is 0 Å². The van der Waals surface area contributed by atoms with Crippen molar-refractivity contribution in [3.8, 4) is 0 Å². The van der Waals surface area contributed by atoms with Crippen LogP contribution in [0.1, 0.15) is 6.42 Å². The van der Waals surface area contributed by atoms with Gasteiger partial charge in [-0.15, -0.1) is 6.58 Å². The first kappa shape index (κ1) is 7.66. The Morgan fingerprint density at radius 3 is 2.50 bits per heavy atom. The highest BCUT2D eigenvalue weighted by atomic mass is 19.3. The highest BCUT2D eigenvalue weighted by Crippen LogP contribution is 2.30. The number of alkyl halides is 2. The minimum Gasteiger partial charge on any atom is -0.294 e. The molecule has 0 aromatic heterocycles. The van der Waals surface area contributed by atoms with Crippen molar-refractivity contribution in [2.75, 3.05) is 13.6 Å². The van der Waals surface area contributed by atoms with Gasteiger partial charge in [0.05, 0.1) is 6.54 Å². The van der Waals surface area contributed by atoms with Crippen LogP contribution in [0.15, 0.2) is 12.7 Å². The predicted octanol–water partition coefficient (Wildman–Crippen LogP) is 1.51. The van der Waals surface area contributed by atoms with Gasteiger partial charge >= 0.3 is 0 Å². The molecule has 0 unspecified atom stereocenters. The summed E-state index contributed by atoms with van der Waals surface area (Å²) in [5, 5.41) is 0. The van der Waals surface area contributed by atoms with Crippen molar-refractivity contribution < 1.29 is 8.78 Å². The fourth-order valence-corrected chi connectivity index (χ4v) is 1.27. The molecule has 0 N–H and O–H groups in total. The molecule has 0 saturated carbocycles. The molecule has 1 nitrogen and oxygen atoms in total. The van der Waals surface area contributed by atoms with Crippen LogP contribution >= 0.6 is 0 Å². The third-order valence-electron chi connectivity index (χ3n) is 1.83. The normalized spacial score (nSPS) is 32.5. The Morgan fingerprint density at radius 2 is 2.30 bits per heavy atom. The van der Waals surface area contributed by atoms with Gasteiger partial charge in [0.1, 0.15) is 0 Å². The highest BCUT2D eigenvalue weighted by Gasteiger charge is 2.41. The van der Waals surface area contributed by atoms with E-state index in [1.54, 1.807) is 18.0 Å². The molecule has 0 bridgehead atoms. The number of likely N-dealkylation sites (N-methyl/N-ethyl adjacent to an activating group) is 1. The molecule has 1 atom stereocenters. The average molecular weight is 147 g/mol. The summed E-state index contributed by atoms with van der Waals surface area (Å²) in [7, 11) is 1.69. The van der Waals surface area contributed by atoms with E-state index in [0.717, 1.165) is 0 Å². The molecule has 1 aliphatic heterocycles. The zero-order chi connectivity index (χ0) is 7.78. The average Bonchev–Trinajstić information content (AvgIpc) is 2.05. The van der Waals surface area contributed by atoms with E-state index in [1.165, 1.54) is 0 Å². The Bertz CT molecular complexity index is 145. The molecule has 0 aliphatic carbocycles. The van der Waals surface area contributed by atoms with Crippen molar-refractivity contribution in [3.05, 3.63) is 12.7 Å². The smallest absolute Gasteiger partial charge is 0.262 e. The van der Waals surface area contributed by atoms with E-state index in [9.17, 15) is 8.78 Å². The van der Waals surface area contributed by atoms with Gasteiger partial charge in [-0.25, -0.2) is 8.78 Å². The summed E-state index contributed by atoms with van der Waals surface area (Å²) in [5.74, 6) is -2.51. The Labute approximate surface area is 59.3 Å². The molecular weight excluding hydrogens is 136 g/mol. The van der Waals surface area contributed by atoms with E-state index in [1.807, 2.05) is 0 Å². The van der Waals surface area contributed by atoms with Gasteiger partial charge < -0.3 is 0 Å². The quantitative estimate of drug-likeness (QED) is 0.508. The minimum absolute atomic E-state index is 0.0764. The Balaban J connectivity index is 2.60. The number of rotatable bonds is 1. The van der Waals surface area contributed by atoms with Gasteiger partial charge in [0.25, 0.3) is 5.92 Å². The number of hydrogen-bond donors (Lipinski definition) is 0. The summed E-state index contributed by atoms with van der Waals surface area (Å²) in [5.41, 5.74) is 0. The van der Waals surface area contributed by atoms with Gasteiger partial charge in [0, 0.05) is 12.5 Å². The second kappa shape index (κ2) is 2.31. The lowest BCUT2D eigenvalue weighted by Gasteiger charge is -2.12. The maximum Gasteiger partial charge on any atom is 0.262 e. The van der Waals surface area contributed by atoms with Crippen molar-refractivity contribution in [3.63, 3.8) is 0 Å². The molecule has 58 valence electrons. The molecule has 0 spiro atoms. The van der Waals surface area contributed by atoms with Crippen molar-refractivity contribution in [2.24, 2.45) is 0 Å². The van der Waals surface area contributed by atoms with Crippen molar-refractivity contribution >= 4 is 0 Å². The maximum atomic E-state index is 12.5. The lowest BCUT2D eigenvalue weighted by Crippen LogP contribution is -2.24. The van der Waals surface area contributed by atoms with E-state index in [-0.39, 0.29) is 19.0 Å². The Morgan fingerprint density at radius 1 is 1.70 bits per heavy atom. The summed E-state index contributed by atoms with van der Waals surface area (Å²) in [6.07, 6.45) is 1.49. The Kier molecular flexibility index (Phi) is 1.77. The molecule has 0 radical (unpaired) electrons. The molecule has 1 fully saturated rings. The molecular formula is C7H11F2N. The van der Waals surface area contributed by atoms with Gasteiger partial charge in [0.15, 0.2) is 0 Å². The number of halogens is 2. The molecule has 0 aromatic rings. The van der Waals surface area contributed by atoms with Gasteiger partial charge in [-0.05, 0) is 7.05 Å². The number of nitrogens with zero attached hydrogens (tertiary/aromatic N) is 1.